The molecule has 3 nitrogen and oxygen atoms in total. The first-order chi connectivity index (χ1) is 9.63. The highest BCUT2D eigenvalue weighted by molar-refractivity contribution is 7.98. The molecule has 0 aliphatic rings. The summed E-state index contributed by atoms with van der Waals surface area (Å²) in [7, 11) is 1.89. The largest absolute Gasteiger partial charge is 0.373 e. The van der Waals surface area contributed by atoms with Crippen molar-refractivity contribution in [2.75, 3.05) is 12.4 Å². The minimum atomic E-state index is 0.368. The van der Waals surface area contributed by atoms with Crippen LogP contribution in [0, 0.1) is 0 Å². The maximum absolute atomic E-state index is 6.19. The van der Waals surface area contributed by atoms with Gasteiger partial charge in [0.15, 0.2) is 0 Å². The fraction of sp³-hybridized carbons (Fsp3) is 0.333. The summed E-state index contributed by atoms with van der Waals surface area (Å²) in [5, 5.41) is 4.95. The number of hydrogen-bond acceptors (Lipinski definition) is 4. The fourth-order valence-electron chi connectivity index (χ4n) is 1.98. The minimum Gasteiger partial charge on any atom is -0.373 e. The maximum Gasteiger partial charge on any atom is 0.133 e. The molecule has 1 aromatic heterocycles. The lowest BCUT2D eigenvalue weighted by atomic mass is 10.1. The van der Waals surface area contributed by atoms with Crippen molar-refractivity contribution in [3.05, 3.63) is 46.7 Å². The molecule has 0 unspecified atom stereocenters. The Hall–Kier alpha value is -1.26. The lowest BCUT2D eigenvalue weighted by molar-refractivity contribution is 0.806. The van der Waals surface area contributed by atoms with E-state index in [2.05, 4.69) is 29.1 Å². The summed E-state index contributed by atoms with van der Waals surface area (Å²) < 4.78 is 0. The van der Waals surface area contributed by atoms with Gasteiger partial charge in [0.2, 0.25) is 0 Å². The molecule has 1 N–H and O–H groups in total. The molecule has 2 rings (SSSR count). The van der Waals surface area contributed by atoms with Crippen LogP contribution in [0.25, 0.3) is 0 Å². The van der Waals surface area contributed by atoms with Crippen molar-refractivity contribution in [1.82, 2.24) is 9.97 Å². The SMILES string of the molecule is CNc1ncnc(SCc2ccccc2Cl)c1C(C)C. The zero-order valence-corrected chi connectivity index (χ0v) is 13.4. The molecule has 0 saturated carbocycles. The smallest absolute Gasteiger partial charge is 0.133 e. The number of nitrogens with one attached hydrogen (secondary N) is 1. The maximum atomic E-state index is 6.19. The molecule has 0 fully saturated rings. The van der Waals surface area contributed by atoms with E-state index in [4.69, 9.17) is 11.6 Å². The fourth-order valence-corrected chi connectivity index (χ4v) is 3.41. The Morgan fingerprint density at radius 1 is 1.25 bits per heavy atom. The third kappa shape index (κ3) is 3.44. The lowest BCUT2D eigenvalue weighted by Gasteiger charge is -2.15. The molecule has 0 aliphatic heterocycles. The van der Waals surface area contributed by atoms with Gasteiger partial charge in [-0.3, -0.25) is 0 Å². The zero-order valence-electron chi connectivity index (χ0n) is 11.9. The Balaban J connectivity index is 2.24. The summed E-state index contributed by atoms with van der Waals surface area (Å²) in [4.78, 5) is 8.71. The van der Waals surface area contributed by atoms with Crippen molar-refractivity contribution in [2.45, 2.75) is 30.5 Å². The molecule has 0 bridgehead atoms. The number of rotatable bonds is 5. The predicted octanol–water partition coefficient (Wildman–Crippen LogP) is 4.59. The molecule has 106 valence electrons. The summed E-state index contributed by atoms with van der Waals surface area (Å²) >= 11 is 7.89. The molecule has 20 heavy (non-hydrogen) atoms. The van der Waals surface area contributed by atoms with Gasteiger partial charge in [-0.15, -0.1) is 11.8 Å². The highest BCUT2D eigenvalue weighted by Gasteiger charge is 2.14. The van der Waals surface area contributed by atoms with Crippen LogP contribution in [0.4, 0.5) is 5.82 Å². The number of benzene rings is 1. The second-order valence-corrected chi connectivity index (χ2v) is 6.10. The van der Waals surface area contributed by atoms with Crippen LogP contribution in [-0.4, -0.2) is 17.0 Å². The monoisotopic (exact) mass is 307 g/mol. The van der Waals surface area contributed by atoms with E-state index < -0.39 is 0 Å². The lowest BCUT2D eigenvalue weighted by Crippen LogP contribution is -2.04. The standard InChI is InChI=1S/C15H18ClN3S/c1-10(2)13-14(17-3)18-9-19-15(13)20-8-11-6-4-5-7-12(11)16/h4-7,9-10H,8H2,1-3H3,(H,17,18,19). The van der Waals surface area contributed by atoms with Gasteiger partial charge in [0.05, 0.1) is 0 Å². The first kappa shape index (κ1) is 15.1. The molecular formula is C15H18ClN3S. The van der Waals surface area contributed by atoms with Crippen LogP contribution in [0.15, 0.2) is 35.6 Å². The third-order valence-electron chi connectivity index (χ3n) is 2.98. The zero-order chi connectivity index (χ0) is 14.5. The number of anilines is 1. The van der Waals surface area contributed by atoms with E-state index in [1.807, 2.05) is 31.3 Å². The second-order valence-electron chi connectivity index (χ2n) is 4.73. The van der Waals surface area contributed by atoms with E-state index in [1.165, 1.54) is 0 Å². The van der Waals surface area contributed by atoms with E-state index in [1.54, 1.807) is 18.1 Å². The van der Waals surface area contributed by atoms with Gasteiger partial charge in [-0.1, -0.05) is 43.6 Å². The van der Waals surface area contributed by atoms with E-state index in [0.29, 0.717) is 5.92 Å². The van der Waals surface area contributed by atoms with E-state index in [-0.39, 0.29) is 0 Å². The van der Waals surface area contributed by atoms with E-state index in [9.17, 15) is 0 Å². The van der Waals surface area contributed by atoms with Crippen molar-refractivity contribution in [3.63, 3.8) is 0 Å². The van der Waals surface area contributed by atoms with Crippen molar-refractivity contribution in [2.24, 2.45) is 0 Å². The van der Waals surface area contributed by atoms with Crippen LogP contribution < -0.4 is 5.32 Å². The molecule has 2 aromatic rings. The average Bonchev–Trinajstić information content (AvgIpc) is 2.45. The van der Waals surface area contributed by atoms with Crippen molar-refractivity contribution in [1.29, 1.82) is 0 Å². The van der Waals surface area contributed by atoms with Crippen LogP contribution in [-0.2, 0) is 5.75 Å². The number of hydrogen-bond donors (Lipinski definition) is 1. The van der Waals surface area contributed by atoms with Gasteiger partial charge >= 0.3 is 0 Å². The molecule has 1 heterocycles. The molecule has 5 heteroatoms. The van der Waals surface area contributed by atoms with Crippen LogP contribution >= 0.6 is 23.4 Å². The molecule has 0 radical (unpaired) electrons. The normalized spacial score (nSPS) is 10.8. The summed E-state index contributed by atoms with van der Waals surface area (Å²) in [6, 6.07) is 7.91. The number of halogens is 1. The van der Waals surface area contributed by atoms with Gasteiger partial charge in [0.1, 0.15) is 17.2 Å². The number of thioether (sulfide) groups is 1. The highest BCUT2D eigenvalue weighted by atomic mass is 35.5. The number of aromatic nitrogens is 2. The van der Waals surface area contributed by atoms with Crippen LogP contribution in [0.1, 0.15) is 30.9 Å². The Labute approximate surface area is 129 Å². The topological polar surface area (TPSA) is 37.8 Å². The summed E-state index contributed by atoms with van der Waals surface area (Å²) in [5.74, 6) is 2.07. The third-order valence-corrected chi connectivity index (χ3v) is 4.41. The van der Waals surface area contributed by atoms with Gasteiger partial charge in [-0.05, 0) is 17.5 Å². The molecule has 0 amide bonds. The predicted molar refractivity (Wildman–Crippen MR) is 86.7 cm³/mol. The molecule has 0 aliphatic carbocycles. The number of nitrogens with zero attached hydrogens (tertiary/aromatic N) is 2. The van der Waals surface area contributed by atoms with Gasteiger partial charge in [-0.25, -0.2) is 9.97 Å². The molecule has 0 atom stereocenters. The van der Waals surface area contributed by atoms with Gasteiger partial charge in [0.25, 0.3) is 0 Å². The summed E-state index contributed by atoms with van der Waals surface area (Å²) in [6.45, 7) is 4.30. The van der Waals surface area contributed by atoms with Gasteiger partial charge < -0.3 is 5.32 Å². The highest BCUT2D eigenvalue weighted by Crippen LogP contribution is 2.33. The quantitative estimate of drug-likeness (QED) is 0.648. The van der Waals surface area contributed by atoms with Gasteiger partial charge in [-0.2, -0.15) is 0 Å². The minimum absolute atomic E-state index is 0.368. The van der Waals surface area contributed by atoms with Crippen molar-refractivity contribution < 1.29 is 0 Å². The van der Waals surface area contributed by atoms with E-state index >= 15 is 0 Å². The van der Waals surface area contributed by atoms with E-state index in [0.717, 1.165) is 32.7 Å². The molecule has 0 saturated heterocycles. The van der Waals surface area contributed by atoms with Crippen molar-refractivity contribution in [3.8, 4) is 0 Å². The van der Waals surface area contributed by atoms with Crippen LogP contribution in [0.2, 0.25) is 5.02 Å². The second kappa shape index (κ2) is 6.95. The van der Waals surface area contributed by atoms with Crippen LogP contribution in [0.3, 0.4) is 0 Å². The van der Waals surface area contributed by atoms with Gasteiger partial charge in [0, 0.05) is 23.4 Å². The van der Waals surface area contributed by atoms with Crippen molar-refractivity contribution >= 4 is 29.2 Å². The molecular weight excluding hydrogens is 290 g/mol. The van der Waals surface area contributed by atoms with Crippen LogP contribution in [0.5, 0.6) is 0 Å². The Bertz CT molecular complexity index is 587. The summed E-state index contributed by atoms with van der Waals surface area (Å²) in [5.41, 5.74) is 2.28. The Kier molecular flexibility index (Phi) is 5.26. The average molecular weight is 308 g/mol. The first-order valence-corrected chi connectivity index (χ1v) is 7.88. The molecule has 1 aromatic carbocycles. The summed E-state index contributed by atoms with van der Waals surface area (Å²) in [6.07, 6.45) is 1.60. The first-order valence-electron chi connectivity index (χ1n) is 6.52. The Morgan fingerprint density at radius 2 is 2.00 bits per heavy atom. The Morgan fingerprint density at radius 3 is 2.65 bits per heavy atom. The molecule has 0 spiro atoms.